The maximum Gasteiger partial charge on any atom is 0.291 e. The minimum atomic E-state index is -0.276. The van der Waals surface area contributed by atoms with Gasteiger partial charge in [0.25, 0.3) is 5.91 Å². The Kier molecular flexibility index (Phi) is 3.04. The van der Waals surface area contributed by atoms with E-state index in [1.807, 2.05) is 35.9 Å². The summed E-state index contributed by atoms with van der Waals surface area (Å²) < 4.78 is 6.86. The van der Waals surface area contributed by atoms with Crippen LogP contribution in [-0.4, -0.2) is 20.7 Å². The number of nitrogens with zero attached hydrogens (tertiary/aromatic N) is 3. The number of amides is 1. The lowest BCUT2D eigenvalue weighted by Crippen LogP contribution is -2.10. The van der Waals surface area contributed by atoms with Gasteiger partial charge >= 0.3 is 0 Å². The summed E-state index contributed by atoms with van der Waals surface area (Å²) in [7, 11) is 1.88. The molecule has 0 bridgehead atoms. The van der Waals surface area contributed by atoms with Crippen LogP contribution in [0.5, 0.6) is 0 Å². The number of aromatic nitrogens is 3. The summed E-state index contributed by atoms with van der Waals surface area (Å²) in [5.41, 5.74) is 1.62. The Bertz CT molecular complexity index is 714. The monoisotopic (exact) mass is 268 g/mol. The van der Waals surface area contributed by atoms with E-state index < -0.39 is 0 Å². The van der Waals surface area contributed by atoms with Crippen LogP contribution in [-0.2, 0) is 7.05 Å². The summed E-state index contributed by atoms with van der Waals surface area (Å²) in [6.45, 7) is 0. The normalized spacial score (nSPS) is 10.4. The highest BCUT2D eigenvalue weighted by Gasteiger charge is 2.09. The quantitative estimate of drug-likeness (QED) is 0.791. The Morgan fingerprint density at radius 1 is 1.25 bits per heavy atom. The van der Waals surface area contributed by atoms with Crippen molar-refractivity contribution < 1.29 is 9.21 Å². The Labute approximate surface area is 115 Å². The van der Waals surface area contributed by atoms with Gasteiger partial charge in [-0.3, -0.25) is 4.79 Å². The van der Waals surface area contributed by atoms with E-state index in [4.69, 9.17) is 4.42 Å². The summed E-state index contributed by atoms with van der Waals surface area (Å²) in [6.07, 6.45) is 3.11. The molecule has 0 saturated carbocycles. The third-order valence-electron chi connectivity index (χ3n) is 2.86. The van der Waals surface area contributed by atoms with E-state index in [2.05, 4.69) is 15.5 Å². The van der Waals surface area contributed by atoms with E-state index in [0.717, 1.165) is 11.4 Å². The molecule has 0 radical (unpaired) electrons. The number of hydrogen-bond donors (Lipinski definition) is 1. The molecule has 20 heavy (non-hydrogen) atoms. The van der Waals surface area contributed by atoms with E-state index in [1.54, 1.807) is 18.5 Å². The molecule has 0 aliphatic rings. The number of carbonyl (C=O) groups excluding carboxylic acids is 1. The van der Waals surface area contributed by atoms with Crippen molar-refractivity contribution >= 4 is 11.6 Å². The lowest BCUT2D eigenvalue weighted by atomic mass is 10.2. The highest BCUT2D eigenvalue weighted by atomic mass is 16.3. The van der Waals surface area contributed by atoms with Crippen molar-refractivity contribution in [2.75, 3.05) is 5.32 Å². The van der Waals surface area contributed by atoms with Gasteiger partial charge in [0.05, 0.1) is 6.26 Å². The van der Waals surface area contributed by atoms with E-state index >= 15 is 0 Å². The van der Waals surface area contributed by atoms with Crippen molar-refractivity contribution in [1.82, 2.24) is 14.8 Å². The molecule has 2 heterocycles. The molecule has 1 amide bonds. The number of aryl methyl sites for hydroxylation is 1. The van der Waals surface area contributed by atoms with Crippen molar-refractivity contribution in [3.05, 3.63) is 54.7 Å². The number of nitrogens with one attached hydrogen (secondary N) is 1. The Morgan fingerprint density at radius 3 is 2.65 bits per heavy atom. The fourth-order valence-electron chi connectivity index (χ4n) is 1.85. The van der Waals surface area contributed by atoms with E-state index in [0.29, 0.717) is 5.69 Å². The zero-order valence-corrected chi connectivity index (χ0v) is 10.8. The van der Waals surface area contributed by atoms with Crippen LogP contribution in [0, 0.1) is 0 Å². The van der Waals surface area contributed by atoms with Crippen LogP contribution in [0.25, 0.3) is 11.4 Å². The van der Waals surface area contributed by atoms with Crippen LogP contribution in [0.15, 0.2) is 53.4 Å². The molecular formula is C14H12N4O2. The van der Waals surface area contributed by atoms with Crippen molar-refractivity contribution in [1.29, 1.82) is 0 Å². The average Bonchev–Trinajstić information content (AvgIpc) is 3.11. The Hall–Kier alpha value is -2.89. The number of benzene rings is 1. The third-order valence-corrected chi connectivity index (χ3v) is 2.86. The minimum Gasteiger partial charge on any atom is -0.459 e. The van der Waals surface area contributed by atoms with Gasteiger partial charge in [-0.15, -0.1) is 10.2 Å². The standard InChI is InChI=1S/C14H12N4O2/c1-18-9-15-17-13(18)10-4-6-11(7-5-10)16-14(19)12-3-2-8-20-12/h2-9H,1H3,(H,16,19). The van der Waals surface area contributed by atoms with Crippen LogP contribution < -0.4 is 5.32 Å². The predicted octanol–water partition coefficient (Wildman–Crippen LogP) is 2.33. The second-order valence-corrected chi connectivity index (χ2v) is 4.27. The summed E-state index contributed by atoms with van der Waals surface area (Å²) in [5, 5.41) is 10.6. The molecule has 1 N–H and O–H groups in total. The molecule has 6 heteroatoms. The number of furan rings is 1. The van der Waals surface area contributed by atoms with Gasteiger partial charge in [0, 0.05) is 18.3 Å². The predicted molar refractivity (Wildman–Crippen MR) is 73.1 cm³/mol. The molecule has 3 aromatic rings. The molecule has 0 aliphatic carbocycles. The molecule has 2 aromatic heterocycles. The third kappa shape index (κ3) is 2.31. The first-order valence-corrected chi connectivity index (χ1v) is 6.03. The first-order valence-electron chi connectivity index (χ1n) is 6.03. The molecule has 6 nitrogen and oxygen atoms in total. The van der Waals surface area contributed by atoms with Crippen LogP contribution in [0.2, 0.25) is 0 Å². The molecule has 0 aliphatic heterocycles. The molecule has 0 unspecified atom stereocenters. The van der Waals surface area contributed by atoms with E-state index in [9.17, 15) is 4.79 Å². The molecule has 100 valence electrons. The zero-order chi connectivity index (χ0) is 13.9. The lowest BCUT2D eigenvalue weighted by Gasteiger charge is -2.05. The summed E-state index contributed by atoms with van der Waals surface area (Å²) in [5.74, 6) is 0.776. The molecule has 0 saturated heterocycles. The number of anilines is 1. The summed E-state index contributed by atoms with van der Waals surface area (Å²) in [4.78, 5) is 11.8. The second-order valence-electron chi connectivity index (χ2n) is 4.27. The SMILES string of the molecule is Cn1cnnc1-c1ccc(NC(=O)c2ccco2)cc1. The van der Waals surface area contributed by atoms with Gasteiger partial charge in [0.1, 0.15) is 6.33 Å². The van der Waals surface area contributed by atoms with Gasteiger partial charge in [-0.2, -0.15) is 0 Å². The van der Waals surface area contributed by atoms with Crippen LogP contribution >= 0.6 is 0 Å². The van der Waals surface area contributed by atoms with Crippen molar-refractivity contribution in [2.24, 2.45) is 7.05 Å². The average molecular weight is 268 g/mol. The smallest absolute Gasteiger partial charge is 0.291 e. The first-order chi connectivity index (χ1) is 9.74. The van der Waals surface area contributed by atoms with Gasteiger partial charge in [-0.25, -0.2) is 0 Å². The van der Waals surface area contributed by atoms with Crippen LogP contribution in [0.4, 0.5) is 5.69 Å². The molecule has 0 spiro atoms. The summed E-state index contributed by atoms with van der Waals surface area (Å²) >= 11 is 0. The topological polar surface area (TPSA) is 73.0 Å². The maximum atomic E-state index is 11.8. The first kappa shape index (κ1) is 12.2. The second kappa shape index (κ2) is 5.00. The van der Waals surface area contributed by atoms with Gasteiger partial charge in [0.15, 0.2) is 11.6 Å². The Morgan fingerprint density at radius 2 is 2.05 bits per heavy atom. The number of rotatable bonds is 3. The fraction of sp³-hybridized carbons (Fsp3) is 0.0714. The molecule has 3 rings (SSSR count). The molecule has 0 fully saturated rings. The molecule has 0 atom stereocenters. The number of carbonyl (C=O) groups is 1. The van der Waals surface area contributed by atoms with E-state index in [1.165, 1.54) is 6.26 Å². The van der Waals surface area contributed by atoms with Crippen molar-refractivity contribution in [2.45, 2.75) is 0 Å². The highest BCUT2D eigenvalue weighted by molar-refractivity contribution is 6.02. The van der Waals surface area contributed by atoms with Gasteiger partial charge in [-0.05, 0) is 36.4 Å². The highest BCUT2D eigenvalue weighted by Crippen LogP contribution is 2.19. The largest absolute Gasteiger partial charge is 0.459 e. The molecule has 1 aromatic carbocycles. The zero-order valence-electron chi connectivity index (χ0n) is 10.8. The fourth-order valence-corrected chi connectivity index (χ4v) is 1.85. The van der Waals surface area contributed by atoms with Gasteiger partial charge in [-0.1, -0.05) is 0 Å². The van der Waals surface area contributed by atoms with Crippen LogP contribution in [0.3, 0.4) is 0 Å². The van der Waals surface area contributed by atoms with Gasteiger partial charge < -0.3 is 14.3 Å². The van der Waals surface area contributed by atoms with Crippen molar-refractivity contribution in [3.63, 3.8) is 0 Å². The lowest BCUT2D eigenvalue weighted by molar-refractivity contribution is 0.0996. The number of hydrogen-bond acceptors (Lipinski definition) is 4. The van der Waals surface area contributed by atoms with Crippen LogP contribution in [0.1, 0.15) is 10.6 Å². The minimum absolute atomic E-state index is 0.276. The Balaban J connectivity index is 1.77. The van der Waals surface area contributed by atoms with Gasteiger partial charge in [0.2, 0.25) is 0 Å². The maximum absolute atomic E-state index is 11.8. The van der Waals surface area contributed by atoms with Crippen molar-refractivity contribution in [3.8, 4) is 11.4 Å². The molecular weight excluding hydrogens is 256 g/mol. The summed E-state index contributed by atoms with van der Waals surface area (Å²) in [6, 6.07) is 10.7. The van der Waals surface area contributed by atoms with E-state index in [-0.39, 0.29) is 11.7 Å².